The number of alkyl carbamates (subject to hydrolysis) is 1. The summed E-state index contributed by atoms with van der Waals surface area (Å²) in [5.41, 5.74) is 0.751. The van der Waals surface area contributed by atoms with Gasteiger partial charge in [0.2, 0.25) is 11.8 Å². The summed E-state index contributed by atoms with van der Waals surface area (Å²) in [5.74, 6) is 1.14. The summed E-state index contributed by atoms with van der Waals surface area (Å²) >= 11 is 0. The molecule has 1 aliphatic rings. The molecule has 8 nitrogen and oxygen atoms in total. The molecule has 1 aliphatic heterocycles. The van der Waals surface area contributed by atoms with Crippen molar-refractivity contribution in [3.8, 4) is 11.5 Å². The highest BCUT2D eigenvalue weighted by atomic mass is 16.5. The van der Waals surface area contributed by atoms with E-state index in [0.29, 0.717) is 12.3 Å². The maximum atomic E-state index is 12.4. The lowest BCUT2D eigenvalue weighted by Crippen LogP contribution is -2.39. The van der Waals surface area contributed by atoms with Gasteiger partial charge in [0.25, 0.3) is 0 Å². The molecule has 158 valence electrons. The van der Waals surface area contributed by atoms with Gasteiger partial charge in [0.05, 0.1) is 12.6 Å². The Balaban J connectivity index is 1.48. The molecule has 30 heavy (non-hydrogen) atoms. The van der Waals surface area contributed by atoms with E-state index in [1.54, 1.807) is 11.8 Å². The van der Waals surface area contributed by atoms with E-state index in [0.717, 1.165) is 11.4 Å². The molecule has 0 saturated carbocycles. The molecular weight excluding hydrogens is 386 g/mol. The molecule has 0 bridgehead atoms. The van der Waals surface area contributed by atoms with Crippen molar-refractivity contribution in [1.82, 2.24) is 10.6 Å². The van der Waals surface area contributed by atoms with Gasteiger partial charge in [0.1, 0.15) is 11.5 Å². The zero-order valence-corrected chi connectivity index (χ0v) is 16.8. The maximum Gasteiger partial charge on any atom is 0.407 e. The maximum absolute atomic E-state index is 12.4. The number of anilines is 1. The van der Waals surface area contributed by atoms with Gasteiger partial charge < -0.3 is 25.0 Å². The summed E-state index contributed by atoms with van der Waals surface area (Å²) < 4.78 is 10.5. The fraction of sp³-hybridized carbons (Fsp3) is 0.318. The molecule has 1 saturated heterocycles. The SMILES string of the molecule is CCOC(=O)NCCC(=O)N[C@H]1CC(=O)N(c2ccc(Oc3ccccc3)cc2)C1. The van der Waals surface area contributed by atoms with E-state index >= 15 is 0 Å². The first-order valence-electron chi connectivity index (χ1n) is 9.88. The van der Waals surface area contributed by atoms with Crippen LogP contribution in [0.5, 0.6) is 11.5 Å². The van der Waals surface area contributed by atoms with Gasteiger partial charge in [-0.1, -0.05) is 18.2 Å². The van der Waals surface area contributed by atoms with Gasteiger partial charge in [0, 0.05) is 31.6 Å². The molecule has 0 aliphatic carbocycles. The normalized spacial score (nSPS) is 15.6. The number of ether oxygens (including phenoxy) is 2. The van der Waals surface area contributed by atoms with Crippen molar-refractivity contribution < 1.29 is 23.9 Å². The second-order valence-corrected chi connectivity index (χ2v) is 6.78. The van der Waals surface area contributed by atoms with Gasteiger partial charge in [0.15, 0.2) is 0 Å². The lowest BCUT2D eigenvalue weighted by molar-refractivity contribution is -0.121. The smallest absolute Gasteiger partial charge is 0.407 e. The molecule has 2 N–H and O–H groups in total. The van der Waals surface area contributed by atoms with Crippen LogP contribution in [-0.2, 0) is 14.3 Å². The standard InChI is InChI=1S/C22H25N3O5/c1-2-29-22(28)23-13-12-20(26)24-16-14-21(27)25(15-16)17-8-10-19(11-9-17)30-18-6-4-3-5-7-18/h3-11,16H,2,12-15H2,1H3,(H,23,28)(H,24,26)/t16-/m0/s1. The Labute approximate surface area is 175 Å². The Morgan fingerprint density at radius 1 is 1.07 bits per heavy atom. The molecule has 1 heterocycles. The van der Waals surface area contributed by atoms with Gasteiger partial charge >= 0.3 is 6.09 Å². The Bertz CT molecular complexity index is 870. The second-order valence-electron chi connectivity index (χ2n) is 6.78. The summed E-state index contributed by atoms with van der Waals surface area (Å²) in [6.45, 7) is 2.56. The van der Waals surface area contributed by atoms with Crippen LogP contribution in [0.3, 0.4) is 0 Å². The van der Waals surface area contributed by atoms with Crippen LogP contribution in [0, 0.1) is 0 Å². The van der Waals surface area contributed by atoms with E-state index in [2.05, 4.69) is 10.6 Å². The third-order valence-electron chi connectivity index (χ3n) is 4.51. The van der Waals surface area contributed by atoms with E-state index in [1.165, 1.54) is 0 Å². The van der Waals surface area contributed by atoms with Crippen LogP contribution < -0.4 is 20.3 Å². The summed E-state index contributed by atoms with van der Waals surface area (Å²) in [6.07, 6.45) is -0.193. The quantitative estimate of drug-likeness (QED) is 0.696. The van der Waals surface area contributed by atoms with Crippen LogP contribution in [0.15, 0.2) is 54.6 Å². The van der Waals surface area contributed by atoms with E-state index < -0.39 is 6.09 Å². The Morgan fingerprint density at radius 2 is 1.77 bits per heavy atom. The Morgan fingerprint density at radius 3 is 2.47 bits per heavy atom. The van der Waals surface area contributed by atoms with Gasteiger partial charge in [-0.25, -0.2) is 4.79 Å². The van der Waals surface area contributed by atoms with Crippen LogP contribution >= 0.6 is 0 Å². The summed E-state index contributed by atoms with van der Waals surface area (Å²) in [5, 5.41) is 5.33. The first-order valence-corrected chi connectivity index (χ1v) is 9.88. The summed E-state index contributed by atoms with van der Waals surface area (Å²) in [4.78, 5) is 37.3. The number of rotatable bonds is 8. The third kappa shape index (κ3) is 5.97. The minimum Gasteiger partial charge on any atom is -0.457 e. The van der Waals surface area contributed by atoms with E-state index in [-0.39, 0.29) is 43.8 Å². The van der Waals surface area contributed by atoms with Crippen LogP contribution in [0.1, 0.15) is 19.8 Å². The molecule has 0 aromatic heterocycles. The first-order chi connectivity index (χ1) is 14.5. The number of nitrogens with zero attached hydrogens (tertiary/aromatic N) is 1. The van der Waals surface area contributed by atoms with Crippen LogP contribution in [0.4, 0.5) is 10.5 Å². The van der Waals surface area contributed by atoms with Gasteiger partial charge in [-0.05, 0) is 43.3 Å². The van der Waals surface area contributed by atoms with Crippen LogP contribution in [-0.4, -0.2) is 43.6 Å². The van der Waals surface area contributed by atoms with Gasteiger partial charge in [-0.3, -0.25) is 9.59 Å². The van der Waals surface area contributed by atoms with E-state index in [1.807, 2.05) is 54.6 Å². The number of benzene rings is 2. The largest absolute Gasteiger partial charge is 0.457 e. The molecular formula is C22H25N3O5. The molecule has 0 radical (unpaired) electrons. The average molecular weight is 411 g/mol. The summed E-state index contributed by atoms with van der Waals surface area (Å²) in [6, 6.07) is 16.4. The van der Waals surface area contributed by atoms with Crippen LogP contribution in [0.25, 0.3) is 0 Å². The van der Waals surface area contributed by atoms with Crippen molar-refractivity contribution in [3.63, 3.8) is 0 Å². The first kappa shape index (κ1) is 21.2. The minimum atomic E-state index is -0.549. The van der Waals surface area contributed by atoms with Crippen molar-refractivity contribution in [3.05, 3.63) is 54.6 Å². The predicted octanol–water partition coefficient (Wildman–Crippen LogP) is 2.84. The molecule has 3 rings (SSSR count). The molecule has 8 heteroatoms. The lowest BCUT2D eigenvalue weighted by Gasteiger charge is -2.18. The highest BCUT2D eigenvalue weighted by Crippen LogP contribution is 2.26. The number of carbonyl (C=O) groups is 3. The highest BCUT2D eigenvalue weighted by Gasteiger charge is 2.31. The monoisotopic (exact) mass is 411 g/mol. The van der Waals surface area contributed by atoms with Gasteiger partial charge in [-0.2, -0.15) is 0 Å². The van der Waals surface area contributed by atoms with Gasteiger partial charge in [-0.15, -0.1) is 0 Å². The average Bonchev–Trinajstić information content (AvgIpc) is 3.09. The second kappa shape index (κ2) is 10.3. The molecule has 2 aromatic carbocycles. The lowest BCUT2D eigenvalue weighted by atomic mass is 10.2. The summed E-state index contributed by atoms with van der Waals surface area (Å²) in [7, 11) is 0. The topological polar surface area (TPSA) is 97.0 Å². The van der Waals surface area contributed by atoms with Crippen molar-refractivity contribution in [1.29, 1.82) is 0 Å². The molecule has 2 aromatic rings. The Kier molecular flexibility index (Phi) is 7.26. The van der Waals surface area contributed by atoms with Crippen LogP contribution in [0.2, 0.25) is 0 Å². The highest BCUT2D eigenvalue weighted by molar-refractivity contribution is 5.96. The van der Waals surface area contributed by atoms with E-state index in [4.69, 9.17) is 9.47 Å². The van der Waals surface area contributed by atoms with Crippen molar-refractivity contribution in [2.24, 2.45) is 0 Å². The van der Waals surface area contributed by atoms with Crippen molar-refractivity contribution >= 4 is 23.6 Å². The molecule has 0 unspecified atom stereocenters. The molecule has 1 fully saturated rings. The number of carbonyl (C=O) groups excluding carboxylic acids is 3. The van der Waals surface area contributed by atoms with E-state index in [9.17, 15) is 14.4 Å². The molecule has 3 amide bonds. The number of nitrogens with one attached hydrogen (secondary N) is 2. The zero-order chi connectivity index (χ0) is 21.3. The minimum absolute atomic E-state index is 0.0540. The predicted molar refractivity (Wildman–Crippen MR) is 112 cm³/mol. The number of amides is 3. The zero-order valence-electron chi connectivity index (χ0n) is 16.8. The Hall–Kier alpha value is -3.55. The molecule has 0 spiro atoms. The number of hydrogen-bond donors (Lipinski definition) is 2. The molecule has 1 atom stereocenters. The third-order valence-corrected chi connectivity index (χ3v) is 4.51. The van der Waals surface area contributed by atoms with Crippen molar-refractivity contribution in [2.45, 2.75) is 25.8 Å². The number of para-hydroxylation sites is 1. The van der Waals surface area contributed by atoms with Crippen molar-refractivity contribution in [2.75, 3.05) is 24.6 Å². The number of hydrogen-bond acceptors (Lipinski definition) is 5. The fourth-order valence-corrected chi connectivity index (χ4v) is 3.13. The fourth-order valence-electron chi connectivity index (χ4n) is 3.13.